The van der Waals surface area contributed by atoms with Crippen LogP contribution >= 0.6 is 34.7 Å². The van der Waals surface area contributed by atoms with Gasteiger partial charge in [0.05, 0.1) is 17.4 Å². The molecule has 0 aliphatic carbocycles. The predicted octanol–water partition coefficient (Wildman–Crippen LogP) is 4.39. The highest BCUT2D eigenvalue weighted by Crippen LogP contribution is 2.31. The summed E-state index contributed by atoms with van der Waals surface area (Å²) in [4.78, 5) is 12.3. The minimum absolute atomic E-state index is 0.127. The van der Waals surface area contributed by atoms with Crippen LogP contribution in [0.4, 0.5) is 10.8 Å². The van der Waals surface area contributed by atoms with Crippen molar-refractivity contribution in [3.05, 3.63) is 23.2 Å². The topological polar surface area (TPSA) is 76.1 Å². The lowest BCUT2D eigenvalue weighted by Crippen LogP contribution is -2.22. The molecule has 0 aliphatic heterocycles. The van der Waals surface area contributed by atoms with Crippen LogP contribution in [-0.2, 0) is 4.79 Å². The van der Waals surface area contributed by atoms with Gasteiger partial charge < -0.3 is 15.4 Å². The minimum Gasteiger partial charge on any atom is -0.495 e. The molecule has 2 aromatic rings. The van der Waals surface area contributed by atoms with Gasteiger partial charge in [-0.3, -0.25) is 4.79 Å². The lowest BCUT2D eigenvalue weighted by atomic mass is 10.2. The first-order valence-corrected chi connectivity index (χ1v) is 9.85. The number of nitrogens with one attached hydrogen (secondary N) is 2. The number of aromatic nitrogens is 2. The van der Waals surface area contributed by atoms with Crippen LogP contribution in [0.5, 0.6) is 5.75 Å². The van der Waals surface area contributed by atoms with Gasteiger partial charge in [0.15, 0.2) is 4.34 Å². The molecular formula is C16H21ClN4O2S2. The lowest BCUT2D eigenvalue weighted by Gasteiger charge is -2.11. The molecule has 1 aromatic heterocycles. The van der Waals surface area contributed by atoms with Crippen molar-refractivity contribution < 1.29 is 9.53 Å². The number of amides is 1. The fraction of sp³-hybridized carbons (Fsp3) is 0.438. The SMILES string of the molecule is COc1ccc(NC(=O)[C@H](C)Sc2nnc(NCC(C)C)s2)cc1Cl. The molecule has 9 heteroatoms. The minimum atomic E-state index is -0.313. The van der Waals surface area contributed by atoms with Gasteiger partial charge in [-0.05, 0) is 31.0 Å². The van der Waals surface area contributed by atoms with E-state index in [1.807, 2.05) is 6.92 Å². The van der Waals surface area contributed by atoms with Crippen molar-refractivity contribution in [2.45, 2.75) is 30.4 Å². The van der Waals surface area contributed by atoms with Gasteiger partial charge in [0.2, 0.25) is 11.0 Å². The van der Waals surface area contributed by atoms with Crippen LogP contribution in [0, 0.1) is 5.92 Å². The Morgan fingerprint density at radius 1 is 1.36 bits per heavy atom. The van der Waals surface area contributed by atoms with Crippen LogP contribution < -0.4 is 15.4 Å². The third kappa shape index (κ3) is 6.05. The average Bonchev–Trinajstić information content (AvgIpc) is 3.00. The van der Waals surface area contributed by atoms with Crippen LogP contribution in [0.1, 0.15) is 20.8 Å². The smallest absolute Gasteiger partial charge is 0.237 e. The Morgan fingerprint density at radius 2 is 2.12 bits per heavy atom. The maximum absolute atomic E-state index is 12.3. The van der Waals surface area contributed by atoms with Crippen molar-refractivity contribution in [1.29, 1.82) is 0 Å². The van der Waals surface area contributed by atoms with Gasteiger partial charge in [0, 0.05) is 12.2 Å². The highest BCUT2D eigenvalue weighted by Gasteiger charge is 2.18. The average molecular weight is 401 g/mol. The maximum Gasteiger partial charge on any atom is 0.237 e. The summed E-state index contributed by atoms with van der Waals surface area (Å²) in [6.45, 7) is 6.92. The van der Waals surface area contributed by atoms with Gasteiger partial charge in [0.1, 0.15) is 5.75 Å². The van der Waals surface area contributed by atoms with E-state index >= 15 is 0 Å². The van der Waals surface area contributed by atoms with Crippen LogP contribution in [0.2, 0.25) is 5.02 Å². The first-order valence-electron chi connectivity index (χ1n) is 7.77. The van der Waals surface area contributed by atoms with E-state index in [4.69, 9.17) is 16.3 Å². The number of carbonyl (C=O) groups excluding carboxylic acids is 1. The number of rotatable bonds is 8. The molecule has 0 saturated carbocycles. The van der Waals surface area contributed by atoms with Gasteiger partial charge in [-0.2, -0.15) is 0 Å². The van der Waals surface area contributed by atoms with E-state index in [-0.39, 0.29) is 11.2 Å². The molecule has 0 spiro atoms. The standard InChI is InChI=1S/C16H21ClN4O2S2/c1-9(2)8-18-15-20-21-16(25-15)24-10(3)14(22)19-11-5-6-13(23-4)12(17)7-11/h5-7,9-10H,8H2,1-4H3,(H,18,20)(H,19,22)/t10-/m0/s1. The molecule has 2 rings (SSSR count). The van der Waals surface area contributed by atoms with E-state index in [0.717, 1.165) is 16.0 Å². The Morgan fingerprint density at radius 3 is 2.76 bits per heavy atom. The number of benzene rings is 1. The number of hydrogen-bond acceptors (Lipinski definition) is 7. The number of thioether (sulfide) groups is 1. The monoisotopic (exact) mass is 400 g/mol. The lowest BCUT2D eigenvalue weighted by molar-refractivity contribution is -0.115. The second-order valence-electron chi connectivity index (χ2n) is 5.75. The Kier molecular flexibility index (Phi) is 7.34. The Balaban J connectivity index is 1.90. The highest BCUT2D eigenvalue weighted by molar-refractivity contribution is 8.02. The molecule has 1 atom stereocenters. The molecule has 0 saturated heterocycles. The second kappa shape index (κ2) is 9.26. The van der Waals surface area contributed by atoms with E-state index in [0.29, 0.717) is 22.4 Å². The molecule has 0 radical (unpaired) electrons. The number of anilines is 2. The molecule has 6 nitrogen and oxygen atoms in total. The summed E-state index contributed by atoms with van der Waals surface area (Å²) < 4.78 is 5.85. The van der Waals surface area contributed by atoms with Crippen molar-refractivity contribution >= 4 is 51.4 Å². The number of hydrogen-bond donors (Lipinski definition) is 2. The molecule has 1 heterocycles. The normalized spacial score (nSPS) is 12.1. The quantitative estimate of drug-likeness (QED) is 0.640. The summed E-state index contributed by atoms with van der Waals surface area (Å²) in [5, 5.41) is 15.2. The fourth-order valence-corrected chi connectivity index (χ4v) is 3.97. The molecular weight excluding hydrogens is 380 g/mol. The second-order valence-corrected chi connectivity index (χ2v) is 8.72. The zero-order valence-electron chi connectivity index (χ0n) is 14.5. The molecule has 0 unspecified atom stereocenters. The van der Waals surface area contributed by atoms with E-state index in [2.05, 4.69) is 34.7 Å². The van der Waals surface area contributed by atoms with Gasteiger partial charge in [-0.1, -0.05) is 48.5 Å². The summed E-state index contributed by atoms with van der Waals surface area (Å²) in [5.41, 5.74) is 0.625. The Labute approximate surface area is 160 Å². The van der Waals surface area contributed by atoms with Crippen molar-refractivity contribution in [2.24, 2.45) is 5.92 Å². The summed E-state index contributed by atoms with van der Waals surface area (Å²) in [6.07, 6.45) is 0. The molecule has 0 fully saturated rings. The molecule has 1 amide bonds. The molecule has 25 heavy (non-hydrogen) atoms. The van der Waals surface area contributed by atoms with Crippen molar-refractivity contribution in [2.75, 3.05) is 24.3 Å². The van der Waals surface area contributed by atoms with Gasteiger partial charge in [0.25, 0.3) is 0 Å². The van der Waals surface area contributed by atoms with E-state index in [1.54, 1.807) is 25.3 Å². The molecule has 1 aromatic carbocycles. The predicted molar refractivity (Wildman–Crippen MR) is 105 cm³/mol. The van der Waals surface area contributed by atoms with Crippen LogP contribution in [-0.4, -0.2) is 35.0 Å². The molecule has 136 valence electrons. The number of methoxy groups -OCH3 is 1. The number of nitrogens with zero attached hydrogens (tertiary/aromatic N) is 2. The van der Waals surface area contributed by atoms with E-state index < -0.39 is 0 Å². The van der Waals surface area contributed by atoms with Crippen molar-refractivity contribution in [1.82, 2.24) is 10.2 Å². The Bertz CT molecular complexity index is 724. The van der Waals surface area contributed by atoms with E-state index in [9.17, 15) is 4.79 Å². The summed E-state index contributed by atoms with van der Waals surface area (Å²) in [6, 6.07) is 5.13. The zero-order chi connectivity index (χ0) is 18.4. The van der Waals surface area contributed by atoms with Crippen LogP contribution in [0.15, 0.2) is 22.5 Å². The maximum atomic E-state index is 12.3. The van der Waals surface area contributed by atoms with Crippen molar-refractivity contribution in [3.63, 3.8) is 0 Å². The zero-order valence-corrected chi connectivity index (χ0v) is 16.9. The van der Waals surface area contributed by atoms with Gasteiger partial charge >= 0.3 is 0 Å². The van der Waals surface area contributed by atoms with Crippen LogP contribution in [0.3, 0.4) is 0 Å². The summed E-state index contributed by atoms with van der Waals surface area (Å²) in [7, 11) is 1.55. The summed E-state index contributed by atoms with van der Waals surface area (Å²) >= 11 is 8.89. The Hall–Kier alpha value is -1.51. The molecule has 0 aliphatic rings. The third-order valence-electron chi connectivity index (χ3n) is 3.13. The first kappa shape index (κ1) is 19.8. The number of halogens is 1. The first-order chi connectivity index (χ1) is 11.9. The van der Waals surface area contributed by atoms with E-state index in [1.165, 1.54) is 23.1 Å². The molecule has 2 N–H and O–H groups in total. The van der Waals surface area contributed by atoms with Crippen LogP contribution in [0.25, 0.3) is 0 Å². The third-order valence-corrected chi connectivity index (χ3v) is 5.49. The van der Waals surface area contributed by atoms with Gasteiger partial charge in [-0.25, -0.2) is 0 Å². The highest BCUT2D eigenvalue weighted by atomic mass is 35.5. The number of carbonyl (C=O) groups is 1. The largest absolute Gasteiger partial charge is 0.495 e. The van der Waals surface area contributed by atoms with Gasteiger partial charge in [-0.15, -0.1) is 10.2 Å². The number of ether oxygens (including phenoxy) is 1. The fourth-order valence-electron chi connectivity index (χ4n) is 1.81. The summed E-state index contributed by atoms with van der Waals surface area (Å²) in [5.74, 6) is 0.969. The molecule has 0 bridgehead atoms. The van der Waals surface area contributed by atoms with Crippen molar-refractivity contribution in [3.8, 4) is 5.75 Å².